The number of benzene rings is 2. The smallest absolute Gasteiger partial charge is 0.160 e. The minimum Gasteiger partial charge on any atom is -0.385 e. The van der Waals surface area contributed by atoms with Crippen LogP contribution in [0.5, 0.6) is 0 Å². The SMILES string of the molecule is CCCOCCCCCNc1ccc(C(C)=O)c2c(C(C)=O)cccc12. The highest BCUT2D eigenvalue weighted by Gasteiger charge is 2.15. The molecular weight excluding hydrogens is 326 g/mol. The van der Waals surface area contributed by atoms with Gasteiger partial charge >= 0.3 is 0 Å². The maximum absolute atomic E-state index is 12.0. The Hall–Kier alpha value is -2.20. The second-order valence-electron chi connectivity index (χ2n) is 6.60. The number of rotatable bonds is 11. The zero-order chi connectivity index (χ0) is 18.9. The molecule has 26 heavy (non-hydrogen) atoms. The van der Waals surface area contributed by atoms with Gasteiger partial charge < -0.3 is 10.1 Å². The van der Waals surface area contributed by atoms with E-state index in [1.54, 1.807) is 19.9 Å². The highest BCUT2D eigenvalue weighted by molar-refractivity contribution is 6.18. The molecule has 0 unspecified atom stereocenters. The molecule has 0 bridgehead atoms. The zero-order valence-corrected chi connectivity index (χ0v) is 16.1. The van der Waals surface area contributed by atoms with Gasteiger partial charge in [0.15, 0.2) is 11.6 Å². The Morgan fingerprint density at radius 2 is 1.65 bits per heavy atom. The predicted molar refractivity (Wildman–Crippen MR) is 107 cm³/mol. The van der Waals surface area contributed by atoms with Crippen LogP contribution in [-0.4, -0.2) is 31.3 Å². The van der Waals surface area contributed by atoms with E-state index in [-0.39, 0.29) is 11.6 Å². The van der Waals surface area contributed by atoms with E-state index in [0.717, 1.165) is 61.9 Å². The van der Waals surface area contributed by atoms with E-state index in [1.807, 2.05) is 24.3 Å². The first-order chi connectivity index (χ1) is 12.6. The third-order valence-corrected chi connectivity index (χ3v) is 4.43. The highest BCUT2D eigenvalue weighted by Crippen LogP contribution is 2.30. The van der Waals surface area contributed by atoms with Crippen LogP contribution >= 0.6 is 0 Å². The Morgan fingerprint density at radius 3 is 2.35 bits per heavy atom. The molecule has 0 aliphatic heterocycles. The molecule has 2 aromatic carbocycles. The maximum atomic E-state index is 12.0. The lowest BCUT2D eigenvalue weighted by Crippen LogP contribution is -2.06. The van der Waals surface area contributed by atoms with Crippen LogP contribution in [0.1, 0.15) is 67.2 Å². The van der Waals surface area contributed by atoms with Crippen molar-refractivity contribution in [2.24, 2.45) is 0 Å². The van der Waals surface area contributed by atoms with Crippen LogP contribution < -0.4 is 5.32 Å². The Morgan fingerprint density at radius 1 is 0.923 bits per heavy atom. The standard InChI is InChI=1S/C22H29NO3/c1-4-14-26-15-7-5-6-13-23-21-12-11-19(17(3)25)22-18(16(2)24)9-8-10-20(21)22/h8-12,23H,4-7,13-15H2,1-3H3. The predicted octanol–water partition coefficient (Wildman–Crippen LogP) is 5.25. The summed E-state index contributed by atoms with van der Waals surface area (Å²) in [5.74, 6) is -0.0512. The summed E-state index contributed by atoms with van der Waals surface area (Å²) in [6, 6.07) is 9.39. The first kappa shape index (κ1) is 20.1. The van der Waals surface area contributed by atoms with Crippen molar-refractivity contribution in [2.45, 2.75) is 46.5 Å². The van der Waals surface area contributed by atoms with E-state index in [0.29, 0.717) is 11.1 Å². The number of hydrogen-bond donors (Lipinski definition) is 1. The summed E-state index contributed by atoms with van der Waals surface area (Å²) in [7, 11) is 0. The van der Waals surface area contributed by atoms with Crippen molar-refractivity contribution in [2.75, 3.05) is 25.1 Å². The average molecular weight is 355 g/mol. The molecular formula is C22H29NO3. The number of anilines is 1. The average Bonchev–Trinajstić information content (AvgIpc) is 2.62. The first-order valence-corrected chi connectivity index (χ1v) is 9.45. The second kappa shape index (κ2) is 10.1. The Bertz CT molecular complexity index is 747. The maximum Gasteiger partial charge on any atom is 0.160 e. The van der Waals surface area contributed by atoms with Crippen molar-refractivity contribution >= 4 is 28.0 Å². The Kier molecular flexibility index (Phi) is 7.79. The number of fused-ring (bicyclic) bond motifs is 1. The highest BCUT2D eigenvalue weighted by atomic mass is 16.5. The molecule has 1 N–H and O–H groups in total. The number of carbonyl (C=O) groups excluding carboxylic acids is 2. The van der Waals surface area contributed by atoms with Gasteiger partial charge in [-0.25, -0.2) is 0 Å². The molecule has 0 heterocycles. The van der Waals surface area contributed by atoms with Gasteiger partial charge in [0.2, 0.25) is 0 Å². The van der Waals surface area contributed by atoms with Crippen molar-refractivity contribution in [3.05, 3.63) is 41.5 Å². The van der Waals surface area contributed by atoms with E-state index < -0.39 is 0 Å². The minimum atomic E-state index is -0.0256. The van der Waals surface area contributed by atoms with Gasteiger partial charge in [0.05, 0.1) is 0 Å². The monoisotopic (exact) mass is 355 g/mol. The second-order valence-corrected chi connectivity index (χ2v) is 6.60. The number of ether oxygens (including phenoxy) is 1. The van der Waals surface area contributed by atoms with Gasteiger partial charge in [-0.05, 0) is 51.7 Å². The van der Waals surface area contributed by atoms with Crippen molar-refractivity contribution < 1.29 is 14.3 Å². The van der Waals surface area contributed by atoms with Crippen molar-refractivity contribution in [1.29, 1.82) is 0 Å². The first-order valence-electron chi connectivity index (χ1n) is 9.45. The van der Waals surface area contributed by atoms with E-state index >= 15 is 0 Å². The third kappa shape index (κ3) is 5.15. The molecule has 140 valence electrons. The summed E-state index contributed by atoms with van der Waals surface area (Å²) in [6.45, 7) is 7.71. The van der Waals surface area contributed by atoms with Crippen molar-refractivity contribution in [3.63, 3.8) is 0 Å². The van der Waals surface area contributed by atoms with Gasteiger partial charge in [-0.15, -0.1) is 0 Å². The lowest BCUT2D eigenvalue weighted by molar-refractivity contribution is 0.101. The van der Waals surface area contributed by atoms with Gasteiger partial charge in [-0.3, -0.25) is 9.59 Å². The molecule has 4 heteroatoms. The van der Waals surface area contributed by atoms with Gasteiger partial charge in [0.25, 0.3) is 0 Å². The molecule has 0 saturated heterocycles. The number of carbonyl (C=O) groups is 2. The normalized spacial score (nSPS) is 10.9. The van der Waals surface area contributed by atoms with Gasteiger partial charge in [-0.1, -0.05) is 25.1 Å². The topological polar surface area (TPSA) is 55.4 Å². The lowest BCUT2D eigenvalue weighted by Gasteiger charge is -2.14. The fourth-order valence-electron chi connectivity index (χ4n) is 3.12. The molecule has 0 aromatic heterocycles. The van der Waals surface area contributed by atoms with Crippen LogP contribution in [0.4, 0.5) is 5.69 Å². The fourth-order valence-corrected chi connectivity index (χ4v) is 3.12. The molecule has 0 atom stereocenters. The van der Waals surface area contributed by atoms with Crippen LogP contribution in [0.25, 0.3) is 10.8 Å². The number of ketones is 2. The molecule has 0 spiro atoms. The van der Waals surface area contributed by atoms with E-state index in [9.17, 15) is 9.59 Å². The molecule has 0 radical (unpaired) electrons. The largest absolute Gasteiger partial charge is 0.385 e. The summed E-state index contributed by atoms with van der Waals surface area (Å²) in [4.78, 5) is 24.0. The Balaban J connectivity index is 2.09. The minimum absolute atomic E-state index is 0.0256. The molecule has 0 aliphatic rings. The summed E-state index contributed by atoms with van der Waals surface area (Å²) in [6.07, 6.45) is 4.30. The molecule has 2 rings (SSSR count). The van der Waals surface area contributed by atoms with Crippen molar-refractivity contribution in [3.8, 4) is 0 Å². The number of Topliss-reactive ketones (excluding diaryl/α,β-unsaturated/α-hetero) is 2. The van der Waals surface area contributed by atoms with Gasteiger partial charge in [0.1, 0.15) is 0 Å². The lowest BCUT2D eigenvalue weighted by atomic mass is 9.94. The van der Waals surface area contributed by atoms with Crippen molar-refractivity contribution in [1.82, 2.24) is 0 Å². The van der Waals surface area contributed by atoms with Gasteiger partial charge in [0, 0.05) is 47.3 Å². The van der Waals surface area contributed by atoms with Crippen LogP contribution in [-0.2, 0) is 4.74 Å². The fraction of sp³-hybridized carbons (Fsp3) is 0.455. The van der Waals surface area contributed by atoms with Crippen LogP contribution in [0.15, 0.2) is 30.3 Å². The number of hydrogen-bond acceptors (Lipinski definition) is 4. The summed E-state index contributed by atoms with van der Waals surface area (Å²) in [5, 5.41) is 5.14. The summed E-state index contributed by atoms with van der Waals surface area (Å²) >= 11 is 0. The van der Waals surface area contributed by atoms with Gasteiger partial charge in [-0.2, -0.15) is 0 Å². The van der Waals surface area contributed by atoms with Crippen LogP contribution in [0.2, 0.25) is 0 Å². The third-order valence-electron chi connectivity index (χ3n) is 4.43. The molecule has 0 aliphatic carbocycles. The molecule has 0 fully saturated rings. The summed E-state index contributed by atoms with van der Waals surface area (Å²) < 4.78 is 5.49. The number of nitrogens with one attached hydrogen (secondary N) is 1. The molecule has 0 amide bonds. The molecule has 2 aromatic rings. The van der Waals surface area contributed by atoms with E-state index in [1.165, 1.54) is 0 Å². The number of unbranched alkanes of at least 4 members (excludes halogenated alkanes) is 2. The zero-order valence-electron chi connectivity index (χ0n) is 16.1. The van der Waals surface area contributed by atoms with E-state index in [2.05, 4.69) is 12.2 Å². The Labute approximate surface area is 155 Å². The molecule has 0 saturated carbocycles. The van der Waals surface area contributed by atoms with Crippen LogP contribution in [0.3, 0.4) is 0 Å². The van der Waals surface area contributed by atoms with Crippen LogP contribution in [0, 0.1) is 0 Å². The quantitative estimate of drug-likeness (QED) is 0.441. The summed E-state index contributed by atoms with van der Waals surface area (Å²) in [5.41, 5.74) is 2.17. The van der Waals surface area contributed by atoms with E-state index in [4.69, 9.17) is 4.74 Å². The molecule has 4 nitrogen and oxygen atoms in total.